The number of halogens is 3. The van der Waals surface area contributed by atoms with Gasteiger partial charge in [-0.3, -0.25) is 9.48 Å². The van der Waals surface area contributed by atoms with Crippen molar-refractivity contribution in [3.8, 4) is 0 Å². The average molecular weight is 299 g/mol. The van der Waals surface area contributed by atoms with E-state index in [1.165, 1.54) is 12.1 Å². The molecule has 1 heterocycles. The summed E-state index contributed by atoms with van der Waals surface area (Å²) in [5, 5.41) is 4.57. The van der Waals surface area contributed by atoms with Crippen molar-refractivity contribution < 1.29 is 13.6 Å². The third kappa shape index (κ3) is 2.58. The van der Waals surface area contributed by atoms with Gasteiger partial charge in [0.05, 0.1) is 28.4 Å². The first-order valence-electron chi connectivity index (χ1n) is 6.14. The van der Waals surface area contributed by atoms with Crippen molar-refractivity contribution in [1.82, 2.24) is 9.78 Å². The first-order valence-corrected chi connectivity index (χ1v) is 6.52. The fourth-order valence-electron chi connectivity index (χ4n) is 2.00. The fraction of sp³-hybridized carbons (Fsp3) is 0.286. The number of rotatable bonds is 4. The third-order valence-corrected chi connectivity index (χ3v) is 3.52. The van der Waals surface area contributed by atoms with E-state index in [-0.39, 0.29) is 12.0 Å². The smallest absolute Gasteiger partial charge is 0.171 e. The number of benzene rings is 1. The fourth-order valence-corrected chi connectivity index (χ4v) is 2.21. The van der Waals surface area contributed by atoms with Crippen LogP contribution in [0.15, 0.2) is 18.2 Å². The number of nitrogens with zero attached hydrogens (tertiary/aromatic N) is 2. The van der Waals surface area contributed by atoms with E-state index in [9.17, 15) is 13.6 Å². The van der Waals surface area contributed by atoms with Crippen molar-refractivity contribution in [2.75, 3.05) is 0 Å². The second-order valence-electron chi connectivity index (χ2n) is 4.36. The van der Waals surface area contributed by atoms with E-state index < -0.39 is 17.4 Å². The Hall–Kier alpha value is -1.75. The molecule has 0 aliphatic heterocycles. The summed E-state index contributed by atoms with van der Waals surface area (Å²) in [5.74, 6) is -2.70. The highest BCUT2D eigenvalue weighted by Gasteiger charge is 2.20. The van der Waals surface area contributed by atoms with Crippen LogP contribution in [0.5, 0.6) is 0 Å². The summed E-state index contributed by atoms with van der Waals surface area (Å²) >= 11 is 6.09. The lowest BCUT2D eigenvalue weighted by atomic mass is 10.1. The molecule has 2 aromatic rings. The zero-order chi connectivity index (χ0) is 14.9. The van der Waals surface area contributed by atoms with Gasteiger partial charge in [-0.2, -0.15) is 5.10 Å². The lowest BCUT2D eigenvalue weighted by molar-refractivity contribution is 0.0985. The molecule has 0 spiro atoms. The molecule has 0 saturated heterocycles. The van der Waals surface area contributed by atoms with Gasteiger partial charge in [0.15, 0.2) is 17.4 Å². The van der Waals surface area contributed by atoms with E-state index >= 15 is 0 Å². The van der Waals surface area contributed by atoms with Crippen LogP contribution in [0.3, 0.4) is 0 Å². The topological polar surface area (TPSA) is 34.9 Å². The largest absolute Gasteiger partial charge is 0.294 e. The first kappa shape index (κ1) is 14.7. The summed E-state index contributed by atoms with van der Waals surface area (Å²) in [6, 6.07) is 3.53. The monoisotopic (exact) mass is 298 g/mol. The molecule has 3 nitrogen and oxygen atoms in total. The van der Waals surface area contributed by atoms with Crippen LogP contribution in [0.25, 0.3) is 0 Å². The molecule has 0 bridgehead atoms. The summed E-state index contributed by atoms with van der Waals surface area (Å²) in [5.41, 5.74) is 0.846. The van der Waals surface area contributed by atoms with E-state index in [1.54, 1.807) is 11.6 Å². The standard InChI is InChI=1S/C14H13ClF2N2O/c1-3-19-11(13(15)8(2)18-19)7-12(20)9-5-4-6-10(16)14(9)17/h4-6H,3,7H2,1-2H3. The normalized spacial score (nSPS) is 10.8. The molecule has 20 heavy (non-hydrogen) atoms. The SMILES string of the molecule is CCn1nc(C)c(Cl)c1CC(=O)c1cccc(F)c1F. The summed E-state index contributed by atoms with van der Waals surface area (Å²) < 4.78 is 28.3. The Bertz CT molecular complexity index is 667. The molecule has 0 fully saturated rings. The third-order valence-electron chi connectivity index (χ3n) is 3.03. The minimum atomic E-state index is -1.13. The van der Waals surface area contributed by atoms with Crippen molar-refractivity contribution in [2.45, 2.75) is 26.8 Å². The second kappa shape index (κ2) is 5.71. The molecule has 106 valence electrons. The summed E-state index contributed by atoms with van der Waals surface area (Å²) in [7, 11) is 0. The van der Waals surface area contributed by atoms with Crippen LogP contribution in [-0.4, -0.2) is 15.6 Å². The molecular weight excluding hydrogens is 286 g/mol. The maximum Gasteiger partial charge on any atom is 0.171 e. The number of ketones is 1. The van der Waals surface area contributed by atoms with Gasteiger partial charge >= 0.3 is 0 Å². The molecule has 0 aliphatic carbocycles. The van der Waals surface area contributed by atoms with Crippen LogP contribution in [-0.2, 0) is 13.0 Å². The maximum absolute atomic E-state index is 13.6. The van der Waals surface area contributed by atoms with Crippen molar-refractivity contribution >= 4 is 17.4 Å². The van der Waals surface area contributed by atoms with Gasteiger partial charge in [0.2, 0.25) is 0 Å². The number of carbonyl (C=O) groups is 1. The molecule has 0 radical (unpaired) electrons. The molecular formula is C14H13ClF2N2O. The van der Waals surface area contributed by atoms with Gasteiger partial charge < -0.3 is 0 Å². The van der Waals surface area contributed by atoms with Gasteiger partial charge in [-0.1, -0.05) is 17.7 Å². The Labute approximate surface area is 120 Å². The lowest BCUT2D eigenvalue weighted by Crippen LogP contribution is -2.12. The quantitative estimate of drug-likeness (QED) is 0.809. The Morgan fingerprint density at radius 1 is 1.40 bits per heavy atom. The van der Waals surface area contributed by atoms with Crippen LogP contribution < -0.4 is 0 Å². The van der Waals surface area contributed by atoms with E-state index in [0.717, 1.165) is 6.07 Å². The van der Waals surface area contributed by atoms with Crippen molar-refractivity contribution in [3.63, 3.8) is 0 Å². The number of hydrogen-bond acceptors (Lipinski definition) is 2. The van der Waals surface area contributed by atoms with Gasteiger partial charge in [0.25, 0.3) is 0 Å². The summed E-state index contributed by atoms with van der Waals surface area (Å²) in [6.07, 6.45) is -0.117. The molecule has 6 heteroatoms. The second-order valence-corrected chi connectivity index (χ2v) is 4.74. The predicted molar refractivity (Wildman–Crippen MR) is 72.0 cm³/mol. The Morgan fingerprint density at radius 3 is 2.75 bits per heavy atom. The molecule has 0 atom stereocenters. The van der Waals surface area contributed by atoms with Crippen molar-refractivity contribution in [3.05, 3.63) is 51.8 Å². The number of aromatic nitrogens is 2. The molecule has 1 aromatic heterocycles. The maximum atomic E-state index is 13.6. The van der Waals surface area contributed by atoms with Crippen LogP contribution >= 0.6 is 11.6 Å². The van der Waals surface area contributed by atoms with Crippen molar-refractivity contribution in [1.29, 1.82) is 0 Å². The molecule has 0 aliphatic rings. The van der Waals surface area contributed by atoms with Gasteiger partial charge in [0, 0.05) is 6.54 Å². The lowest BCUT2D eigenvalue weighted by Gasteiger charge is -2.06. The van der Waals surface area contributed by atoms with Gasteiger partial charge in [-0.25, -0.2) is 8.78 Å². The van der Waals surface area contributed by atoms with Crippen LogP contribution in [0, 0.1) is 18.6 Å². The Kier molecular flexibility index (Phi) is 4.18. The average Bonchev–Trinajstić information content (AvgIpc) is 2.69. The van der Waals surface area contributed by atoms with Gasteiger partial charge in [-0.15, -0.1) is 0 Å². The Balaban J connectivity index is 2.35. The zero-order valence-corrected chi connectivity index (χ0v) is 11.8. The van der Waals surface area contributed by atoms with E-state index in [0.29, 0.717) is 23.0 Å². The highest BCUT2D eigenvalue weighted by atomic mass is 35.5. The van der Waals surface area contributed by atoms with E-state index in [1.807, 2.05) is 6.92 Å². The van der Waals surface area contributed by atoms with E-state index in [2.05, 4.69) is 5.10 Å². The minimum Gasteiger partial charge on any atom is -0.294 e. The van der Waals surface area contributed by atoms with Crippen molar-refractivity contribution in [2.24, 2.45) is 0 Å². The van der Waals surface area contributed by atoms with E-state index in [4.69, 9.17) is 11.6 Å². The number of Topliss-reactive ketones (excluding diaryl/α,β-unsaturated/α-hetero) is 1. The molecule has 0 unspecified atom stereocenters. The summed E-state index contributed by atoms with van der Waals surface area (Å²) in [6.45, 7) is 4.13. The molecule has 0 amide bonds. The number of carbonyl (C=O) groups excluding carboxylic acids is 1. The highest BCUT2D eigenvalue weighted by molar-refractivity contribution is 6.32. The predicted octanol–water partition coefficient (Wildman–Crippen LogP) is 3.57. The Morgan fingerprint density at radius 2 is 2.10 bits per heavy atom. The molecule has 2 rings (SSSR count). The number of hydrogen-bond donors (Lipinski definition) is 0. The van der Waals surface area contributed by atoms with Crippen LogP contribution in [0.2, 0.25) is 5.02 Å². The summed E-state index contributed by atoms with van der Waals surface area (Å²) in [4.78, 5) is 12.1. The minimum absolute atomic E-state index is 0.117. The van der Waals surface area contributed by atoms with Crippen LogP contribution in [0.4, 0.5) is 8.78 Å². The van der Waals surface area contributed by atoms with Gasteiger partial charge in [-0.05, 0) is 26.0 Å². The molecule has 0 N–H and O–H groups in total. The molecule has 1 aromatic carbocycles. The highest BCUT2D eigenvalue weighted by Crippen LogP contribution is 2.23. The molecule has 0 saturated carbocycles. The first-order chi connectivity index (χ1) is 9.45. The van der Waals surface area contributed by atoms with Gasteiger partial charge in [0.1, 0.15) is 0 Å². The van der Waals surface area contributed by atoms with Crippen LogP contribution in [0.1, 0.15) is 28.7 Å². The number of aryl methyl sites for hydroxylation is 2. The zero-order valence-electron chi connectivity index (χ0n) is 11.1.